The van der Waals surface area contributed by atoms with E-state index in [0.29, 0.717) is 5.88 Å². The van der Waals surface area contributed by atoms with Crippen molar-refractivity contribution in [1.82, 2.24) is 19.7 Å². The summed E-state index contributed by atoms with van der Waals surface area (Å²) in [7, 11) is 1.59. The van der Waals surface area contributed by atoms with Crippen molar-refractivity contribution >= 4 is 0 Å². The Labute approximate surface area is 81.4 Å². The van der Waals surface area contributed by atoms with E-state index in [-0.39, 0.29) is 0 Å². The minimum Gasteiger partial charge on any atom is -0.480 e. The van der Waals surface area contributed by atoms with Gasteiger partial charge in [-0.15, -0.1) is 5.10 Å². The maximum absolute atomic E-state index is 5.02. The second-order valence-electron chi connectivity index (χ2n) is 2.81. The van der Waals surface area contributed by atoms with Crippen molar-refractivity contribution in [2.75, 3.05) is 7.11 Å². The Morgan fingerprint density at radius 1 is 1.43 bits per heavy atom. The monoisotopic (exact) mass is 190 g/mol. The van der Waals surface area contributed by atoms with Crippen molar-refractivity contribution in [2.24, 2.45) is 0 Å². The van der Waals surface area contributed by atoms with E-state index in [0.717, 1.165) is 11.5 Å². The van der Waals surface area contributed by atoms with Gasteiger partial charge < -0.3 is 4.74 Å². The summed E-state index contributed by atoms with van der Waals surface area (Å²) in [6, 6.07) is 3.64. The Bertz CT molecular complexity index is 424. The Morgan fingerprint density at radius 2 is 2.29 bits per heavy atom. The maximum Gasteiger partial charge on any atom is 0.233 e. The molecule has 72 valence electrons. The van der Waals surface area contributed by atoms with Crippen LogP contribution in [0.3, 0.4) is 0 Å². The molecule has 0 amide bonds. The zero-order valence-electron chi connectivity index (χ0n) is 8.01. The summed E-state index contributed by atoms with van der Waals surface area (Å²) in [5.41, 5.74) is 0.973. The molecule has 0 aliphatic rings. The van der Waals surface area contributed by atoms with Gasteiger partial charge in [0.1, 0.15) is 6.33 Å². The summed E-state index contributed by atoms with van der Waals surface area (Å²) < 4.78 is 6.73. The van der Waals surface area contributed by atoms with E-state index < -0.39 is 0 Å². The van der Waals surface area contributed by atoms with Crippen LogP contribution in [0.1, 0.15) is 5.69 Å². The van der Waals surface area contributed by atoms with E-state index in [2.05, 4.69) is 15.1 Å². The molecule has 0 saturated heterocycles. The van der Waals surface area contributed by atoms with Crippen LogP contribution >= 0.6 is 0 Å². The first-order valence-corrected chi connectivity index (χ1v) is 4.18. The van der Waals surface area contributed by atoms with Crippen LogP contribution in [0.4, 0.5) is 0 Å². The predicted molar refractivity (Wildman–Crippen MR) is 50.4 cm³/mol. The van der Waals surface area contributed by atoms with Gasteiger partial charge in [-0.3, -0.25) is 0 Å². The molecular weight excluding hydrogens is 180 g/mol. The van der Waals surface area contributed by atoms with Gasteiger partial charge in [-0.05, 0) is 6.92 Å². The summed E-state index contributed by atoms with van der Waals surface area (Å²) >= 11 is 0. The van der Waals surface area contributed by atoms with Gasteiger partial charge in [0.15, 0.2) is 5.82 Å². The first-order valence-electron chi connectivity index (χ1n) is 4.18. The van der Waals surface area contributed by atoms with Gasteiger partial charge in [0, 0.05) is 24.0 Å². The van der Waals surface area contributed by atoms with Gasteiger partial charge >= 0.3 is 0 Å². The molecule has 14 heavy (non-hydrogen) atoms. The van der Waals surface area contributed by atoms with E-state index in [1.54, 1.807) is 24.1 Å². The second kappa shape index (κ2) is 3.45. The van der Waals surface area contributed by atoms with E-state index in [1.165, 1.54) is 6.33 Å². The van der Waals surface area contributed by atoms with Crippen molar-refractivity contribution < 1.29 is 4.74 Å². The van der Waals surface area contributed by atoms with Gasteiger partial charge in [0.25, 0.3) is 0 Å². The smallest absolute Gasteiger partial charge is 0.233 e. The molecule has 2 aromatic heterocycles. The van der Waals surface area contributed by atoms with Crippen LogP contribution in [0, 0.1) is 6.92 Å². The molecular formula is C9H10N4O. The average molecular weight is 190 g/mol. The fraction of sp³-hybridized carbons (Fsp3) is 0.222. The molecule has 5 nitrogen and oxygen atoms in total. The van der Waals surface area contributed by atoms with Gasteiger partial charge in [-0.1, -0.05) is 0 Å². The molecule has 0 atom stereocenters. The maximum atomic E-state index is 5.02. The van der Waals surface area contributed by atoms with E-state index in [1.807, 2.05) is 13.0 Å². The van der Waals surface area contributed by atoms with E-state index >= 15 is 0 Å². The van der Waals surface area contributed by atoms with Crippen LogP contribution in [0.2, 0.25) is 0 Å². The van der Waals surface area contributed by atoms with Gasteiger partial charge in [-0.25, -0.2) is 14.6 Å². The molecule has 2 heterocycles. The lowest BCUT2D eigenvalue weighted by molar-refractivity contribution is 0.394. The number of hydrogen-bond acceptors (Lipinski definition) is 4. The fourth-order valence-electron chi connectivity index (χ4n) is 1.19. The summed E-state index contributed by atoms with van der Waals surface area (Å²) in [4.78, 5) is 7.94. The van der Waals surface area contributed by atoms with E-state index in [4.69, 9.17) is 4.74 Å². The molecule has 0 N–H and O–H groups in total. The molecule has 0 radical (unpaired) electrons. The van der Waals surface area contributed by atoms with Crippen LogP contribution in [0.25, 0.3) is 5.82 Å². The minimum absolute atomic E-state index is 0.584. The number of rotatable bonds is 2. The molecule has 0 fully saturated rings. The average Bonchev–Trinajstić information content (AvgIpc) is 2.61. The molecule has 0 saturated carbocycles. The van der Waals surface area contributed by atoms with Gasteiger partial charge in [0.2, 0.25) is 5.88 Å². The van der Waals surface area contributed by atoms with Crippen molar-refractivity contribution in [3.63, 3.8) is 0 Å². The lowest BCUT2D eigenvalue weighted by Crippen LogP contribution is -2.01. The molecule has 0 spiro atoms. The highest BCUT2D eigenvalue weighted by molar-refractivity contribution is 5.25. The first-order chi connectivity index (χ1) is 6.81. The predicted octanol–water partition coefficient (Wildman–Crippen LogP) is 0.979. The molecule has 0 unspecified atom stereocenters. The lowest BCUT2D eigenvalue weighted by Gasteiger charge is -2.00. The molecule has 0 aliphatic carbocycles. The Hall–Kier alpha value is -1.91. The van der Waals surface area contributed by atoms with E-state index in [9.17, 15) is 0 Å². The van der Waals surface area contributed by atoms with Crippen LogP contribution in [0.5, 0.6) is 5.88 Å². The molecule has 2 rings (SSSR count). The van der Waals surface area contributed by atoms with Crippen LogP contribution < -0.4 is 4.74 Å². The summed E-state index contributed by atoms with van der Waals surface area (Å²) in [6.07, 6.45) is 3.17. The van der Waals surface area contributed by atoms with Crippen molar-refractivity contribution in [3.05, 3.63) is 30.4 Å². The Kier molecular flexibility index (Phi) is 2.14. The standard InChI is InChI=1S/C9H10N4O/c1-7-5-9(14-2)12-13(7)8-3-4-10-6-11-8/h3-6H,1-2H3. The fourth-order valence-corrected chi connectivity index (χ4v) is 1.19. The third-order valence-electron chi connectivity index (χ3n) is 1.86. The summed E-state index contributed by atoms with van der Waals surface area (Å²) in [5, 5.41) is 4.20. The highest BCUT2D eigenvalue weighted by Crippen LogP contribution is 2.13. The summed E-state index contributed by atoms with van der Waals surface area (Å²) in [6.45, 7) is 1.94. The Balaban J connectivity index is 2.46. The largest absolute Gasteiger partial charge is 0.480 e. The SMILES string of the molecule is COc1cc(C)n(-c2ccncn2)n1. The highest BCUT2D eigenvalue weighted by Gasteiger charge is 2.06. The normalized spacial score (nSPS) is 10.1. The molecule has 2 aromatic rings. The molecule has 0 aliphatic heterocycles. The van der Waals surface area contributed by atoms with Crippen LogP contribution in [0.15, 0.2) is 24.7 Å². The number of ether oxygens (including phenoxy) is 1. The second-order valence-corrected chi connectivity index (χ2v) is 2.81. The molecule has 5 heteroatoms. The highest BCUT2D eigenvalue weighted by atomic mass is 16.5. The molecule has 0 bridgehead atoms. The number of nitrogens with zero attached hydrogens (tertiary/aromatic N) is 4. The van der Waals surface area contributed by atoms with Gasteiger partial charge in [-0.2, -0.15) is 0 Å². The van der Waals surface area contributed by atoms with Crippen LogP contribution in [-0.4, -0.2) is 26.9 Å². The number of aryl methyl sites for hydroxylation is 1. The number of aromatic nitrogens is 4. The zero-order chi connectivity index (χ0) is 9.97. The quantitative estimate of drug-likeness (QED) is 0.708. The van der Waals surface area contributed by atoms with Crippen molar-refractivity contribution in [3.8, 4) is 11.7 Å². The summed E-state index contributed by atoms with van der Waals surface area (Å²) in [5.74, 6) is 1.32. The number of methoxy groups -OCH3 is 1. The lowest BCUT2D eigenvalue weighted by atomic mass is 10.4. The first kappa shape index (κ1) is 8.68. The third-order valence-corrected chi connectivity index (χ3v) is 1.86. The Morgan fingerprint density at radius 3 is 2.86 bits per heavy atom. The number of hydrogen-bond donors (Lipinski definition) is 0. The minimum atomic E-state index is 0.584. The topological polar surface area (TPSA) is 52.8 Å². The zero-order valence-corrected chi connectivity index (χ0v) is 8.01. The van der Waals surface area contributed by atoms with Crippen molar-refractivity contribution in [1.29, 1.82) is 0 Å². The molecule has 0 aromatic carbocycles. The van der Waals surface area contributed by atoms with Crippen LogP contribution in [-0.2, 0) is 0 Å². The van der Waals surface area contributed by atoms with Gasteiger partial charge in [0.05, 0.1) is 7.11 Å². The third kappa shape index (κ3) is 1.44. The van der Waals surface area contributed by atoms with Crippen molar-refractivity contribution in [2.45, 2.75) is 6.92 Å².